The van der Waals surface area contributed by atoms with Crippen LogP contribution in [0.5, 0.6) is 11.5 Å². The average molecular weight is 304 g/mol. The fourth-order valence-corrected chi connectivity index (χ4v) is 2.40. The van der Waals surface area contributed by atoms with Crippen molar-refractivity contribution in [2.75, 3.05) is 6.54 Å². The lowest BCUT2D eigenvalue weighted by molar-refractivity contribution is 0.481. The maximum Gasteiger partial charge on any atom is 0.128 e. The van der Waals surface area contributed by atoms with Crippen LogP contribution >= 0.6 is 11.6 Å². The van der Waals surface area contributed by atoms with Gasteiger partial charge in [0.25, 0.3) is 0 Å². The molecule has 1 N–H and O–H groups in total. The van der Waals surface area contributed by atoms with Crippen LogP contribution in [0.3, 0.4) is 0 Å². The number of benzene rings is 2. The summed E-state index contributed by atoms with van der Waals surface area (Å²) in [6, 6.07) is 10.1. The summed E-state index contributed by atoms with van der Waals surface area (Å²) >= 11 is 6.18. The van der Waals surface area contributed by atoms with Gasteiger partial charge in [-0.1, -0.05) is 24.6 Å². The second-order valence-electron chi connectivity index (χ2n) is 5.34. The van der Waals surface area contributed by atoms with Crippen LogP contribution in [-0.4, -0.2) is 6.54 Å². The molecule has 112 valence electrons. The Morgan fingerprint density at radius 1 is 0.952 bits per heavy atom. The quantitative estimate of drug-likeness (QED) is 0.823. The predicted molar refractivity (Wildman–Crippen MR) is 89.6 cm³/mol. The third kappa shape index (κ3) is 3.99. The van der Waals surface area contributed by atoms with Gasteiger partial charge in [-0.3, -0.25) is 0 Å². The molecule has 0 fully saturated rings. The van der Waals surface area contributed by atoms with E-state index in [1.54, 1.807) is 0 Å². The van der Waals surface area contributed by atoms with Crippen molar-refractivity contribution in [2.24, 2.45) is 0 Å². The van der Waals surface area contributed by atoms with Crippen molar-refractivity contribution in [3.05, 3.63) is 57.6 Å². The van der Waals surface area contributed by atoms with Gasteiger partial charge in [-0.2, -0.15) is 0 Å². The first-order chi connectivity index (χ1) is 10.0. The van der Waals surface area contributed by atoms with E-state index in [2.05, 4.69) is 31.3 Å². The van der Waals surface area contributed by atoms with Crippen molar-refractivity contribution in [2.45, 2.75) is 34.2 Å². The molecule has 2 rings (SSSR count). The van der Waals surface area contributed by atoms with Crippen molar-refractivity contribution in [3.63, 3.8) is 0 Å². The summed E-state index contributed by atoms with van der Waals surface area (Å²) in [4.78, 5) is 0. The van der Waals surface area contributed by atoms with E-state index in [1.807, 2.05) is 32.0 Å². The zero-order valence-corrected chi connectivity index (χ0v) is 13.8. The van der Waals surface area contributed by atoms with Crippen LogP contribution in [0, 0.1) is 20.8 Å². The van der Waals surface area contributed by atoms with E-state index >= 15 is 0 Å². The topological polar surface area (TPSA) is 21.3 Å². The minimum Gasteiger partial charge on any atom is -0.457 e. The molecular formula is C18H22ClNO. The number of hydrogen-bond donors (Lipinski definition) is 1. The molecule has 21 heavy (non-hydrogen) atoms. The maximum absolute atomic E-state index is 6.18. The molecule has 0 saturated carbocycles. The average Bonchev–Trinajstić information content (AvgIpc) is 2.44. The van der Waals surface area contributed by atoms with Crippen LogP contribution in [0.4, 0.5) is 0 Å². The van der Waals surface area contributed by atoms with Gasteiger partial charge >= 0.3 is 0 Å². The molecule has 0 spiro atoms. The normalized spacial score (nSPS) is 10.7. The second-order valence-corrected chi connectivity index (χ2v) is 5.72. The molecule has 0 atom stereocenters. The predicted octanol–water partition coefficient (Wildman–Crippen LogP) is 5.17. The van der Waals surface area contributed by atoms with Gasteiger partial charge in [-0.15, -0.1) is 0 Å². The number of halogens is 1. The molecule has 2 nitrogen and oxygen atoms in total. The Kier molecular flexibility index (Phi) is 5.27. The monoisotopic (exact) mass is 303 g/mol. The highest BCUT2D eigenvalue weighted by Crippen LogP contribution is 2.29. The lowest BCUT2D eigenvalue weighted by Gasteiger charge is -2.12. The maximum atomic E-state index is 6.18. The van der Waals surface area contributed by atoms with E-state index in [-0.39, 0.29) is 0 Å². The van der Waals surface area contributed by atoms with Gasteiger partial charge in [0.1, 0.15) is 11.5 Å². The van der Waals surface area contributed by atoms with E-state index in [9.17, 15) is 0 Å². The molecule has 0 saturated heterocycles. The second kappa shape index (κ2) is 6.97. The first kappa shape index (κ1) is 15.9. The van der Waals surface area contributed by atoms with Crippen molar-refractivity contribution < 1.29 is 4.74 Å². The van der Waals surface area contributed by atoms with Crippen molar-refractivity contribution in [1.29, 1.82) is 0 Å². The Morgan fingerprint density at radius 3 is 2.14 bits per heavy atom. The highest BCUT2D eigenvalue weighted by molar-refractivity contribution is 6.32. The molecule has 0 aromatic heterocycles. The van der Waals surface area contributed by atoms with Gasteiger partial charge in [-0.05, 0) is 73.8 Å². The fraction of sp³-hybridized carbons (Fsp3) is 0.333. The van der Waals surface area contributed by atoms with Gasteiger partial charge < -0.3 is 10.1 Å². The summed E-state index contributed by atoms with van der Waals surface area (Å²) in [6.07, 6.45) is 0. The fourth-order valence-electron chi connectivity index (χ4n) is 2.29. The van der Waals surface area contributed by atoms with E-state index in [0.29, 0.717) is 0 Å². The van der Waals surface area contributed by atoms with Crippen molar-refractivity contribution in [1.82, 2.24) is 5.32 Å². The first-order valence-electron chi connectivity index (χ1n) is 7.26. The Bertz CT molecular complexity index is 614. The van der Waals surface area contributed by atoms with Gasteiger partial charge in [-0.25, -0.2) is 0 Å². The van der Waals surface area contributed by atoms with Crippen LogP contribution in [-0.2, 0) is 6.54 Å². The summed E-state index contributed by atoms with van der Waals surface area (Å²) in [5.74, 6) is 1.68. The molecule has 0 bridgehead atoms. The van der Waals surface area contributed by atoms with Crippen LogP contribution in [0.1, 0.15) is 29.2 Å². The molecule has 0 heterocycles. The van der Waals surface area contributed by atoms with E-state index in [0.717, 1.165) is 40.7 Å². The number of ether oxygens (including phenoxy) is 1. The van der Waals surface area contributed by atoms with Gasteiger partial charge in [0.15, 0.2) is 0 Å². The minimum absolute atomic E-state index is 0.805. The molecular weight excluding hydrogens is 282 g/mol. The molecule has 3 heteroatoms. The summed E-state index contributed by atoms with van der Waals surface area (Å²) in [5, 5.41) is 4.15. The summed E-state index contributed by atoms with van der Waals surface area (Å²) in [6.45, 7) is 10.1. The van der Waals surface area contributed by atoms with Gasteiger partial charge in [0.05, 0.1) is 0 Å². The Labute approximate surface area is 132 Å². The van der Waals surface area contributed by atoms with E-state index < -0.39 is 0 Å². The lowest BCUT2D eigenvalue weighted by atomic mass is 10.1. The summed E-state index contributed by atoms with van der Waals surface area (Å²) < 4.78 is 5.96. The van der Waals surface area contributed by atoms with Gasteiger partial charge in [0, 0.05) is 11.6 Å². The van der Waals surface area contributed by atoms with E-state index in [4.69, 9.17) is 16.3 Å². The lowest BCUT2D eigenvalue weighted by Crippen LogP contribution is -2.12. The van der Waals surface area contributed by atoms with Gasteiger partial charge in [0.2, 0.25) is 0 Å². The number of nitrogens with one attached hydrogen (secondary N) is 1. The Balaban J connectivity index is 2.18. The number of aryl methyl sites for hydroxylation is 3. The molecule has 0 amide bonds. The van der Waals surface area contributed by atoms with Crippen molar-refractivity contribution >= 4 is 11.6 Å². The highest BCUT2D eigenvalue weighted by Gasteiger charge is 2.06. The molecule has 0 aliphatic heterocycles. The molecule has 2 aromatic carbocycles. The van der Waals surface area contributed by atoms with Crippen LogP contribution in [0.25, 0.3) is 0 Å². The molecule has 0 radical (unpaired) electrons. The summed E-state index contributed by atoms with van der Waals surface area (Å²) in [5.41, 5.74) is 4.60. The Hall–Kier alpha value is -1.51. The largest absolute Gasteiger partial charge is 0.457 e. The highest BCUT2D eigenvalue weighted by atomic mass is 35.5. The zero-order chi connectivity index (χ0) is 15.4. The molecule has 2 aromatic rings. The number of hydrogen-bond acceptors (Lipinski definition) is 2. The van der Waals surface area contributed by atoms with Crippen LogP contribution in [0.15, 0.2) is 30.3 Å². The SMILES string of the molecule is CCNCc1ccc(Oc2cc(C)c(Cl)c(C)c2)cc1C. The van der Waals surface area contributed by atoms with Crippen LogP contribution < -0.4 is 10.1 Å². The number of rotatable bonds is 5. The minimum atomic E-state index is 0.805. The van der Waals surface area contributed by atoms with E-state index in [1.165, 1.54) is 11.1 Å². The zero-order valence-electron chi connectivity index (χ0n) is 13.1. The standard InChI is InChI=1S/C18H22ClNO/c1-5-20-11-15-6-7-16(8-12(15)2)21-17-9-13(3)18(19)14(4)10-17/h6-10,20H,5,11H2,1-4H3. The Morgan fingerprint density at radius 2 is 1.57 bits per heavy atom. The third-order valence-corrected chi connectivity index (χ3v) is 4.12. The molecule has 0 aliphatic rings. The van der Waals surface area contributed by atoms with Crippen LogP contribution in [0.2, 0.25) is 5.02 Å². The molecule has 0 aliphatic carbocycles. The summed E-state index contributed by atoms with van der Waals surface area (Å²) in [7, 11) is 0. The smallest absolute Gasteiger partial charge is 0.128 e. The molecule has 0 unspecified atom stereocenters. The first-order valence-corrected chi connectivity index (χ1v) is 7.64. The van der Waals surface area contributed by atoms with Crippen molar-refractivity contribution in [3.8, 4) is 11.5 Å². The third-order valence-electron chi connectivity index (χ3n) is 3.53.